The highest BCUT2D eigenvalue weighted by Crippen LogP contribution is 2.42. The lowest BCUT2D eigenvalue weighted by molar-refractivity contribution is 0.416. The Morgan fingerprint density at radius 3 is 2.67 bits per heavy atom. The highest BCUT2D eigenvalue weighted by Gasteiger charge is 2.34. The van der Waals surface area contributed by atoms with Crippen LogP contribution in [0.2, 0.25) is 0 Å². The predicted molar refractivity (Wildman–Crippen MR) is 123 cm³/mol. The lowest BCUT2D eigenvalue weighted by Gasteiger charge is -2.13. The van der Waals surface area contributed by atoms with Gasteiger partial charge in [-0.2, -0.15) is 5.10 Å². The van der Waals surface area contributed by atoms with Crippen LogP contribution in [0.25, 0.3) is 11.3 Å². The van der Waals surface area contributed by atoms with E-state index in [1.54, 1.807) is 18.4 Å². The predicted octanol–water partition coefficient (Wildman–Crippen LogP) is 5.37. The van der Waals surface area contributed by atoms with Gasteiger partial charge in [-0.05, 0) is 42.4 Å². The molecule has 0 aliphatic heterocycles. The quantitative estimate of drug-likeness (QED) is 0.394. The van der Waals surface area contributed by atoms with Crippen LogP contribution in [0.3, 0.4) is 0 Å². The van der Waals surface area contributed by atoms with Crippen molar-refractivity contribution in [1.29, 1.82) is 0 Å². The summed E-state index contributed by atoms with van der Waals surface area (Å²) >= 11 is 1.62. The maximum absolute atomic E-state index is 5.61. The first kappa shape index (κ1) is 19.1. The second-order valence-electron chi connectivity index (χ2n) is 7.93. The molecule has 152 valence electrons. The summed E-state index contributed by atoms with van der Waals surface area (Å²) < 4.78 is 7.60. The zero-order chi connectivity index (χ0) is 20.3. The van der Waals surface area contributed by atoms with Crippen LogP contribution in [0.4, 0.5) is 0 Å². The first-order valence-corrected chi connectivity index (χ1v) is 11.3. The van der Waals surface area contributed by atoms with E-state index in [4.69, 9.17) is 14.8 Å². The van der Waals surface area contributed by atoms with Gasteiger partial charge in [0.1, 0.15) is 5.75 Å². The molecule has 3 unspecified atom stereocenters. The lowest BCUT2D eigenvalue weighted by Crippen LogP contribution is -2.15. The van der Waals surface area contributed by atoms with Crippen molar-refractivity contribution in [2.24, 2.45) is 27.8 Å². The van der Waals surface area contributed by atoms with Crippen LogP contribution >= 0.6 is 11.3 Å². The molecule has 0 radical (unpaired) electrons. The van der Waals surface area contributed by atoms with Crippen molar-refractivity contribution in [3.8, 4) is 17.0 Å². The number of allylic oxidation sites excluding steroid dienone is 2. The Kier molecular flexibility index (Phi) is 5.37. The van der Waals surface area contributed by atoms with E-state index in [0.717, 1.165) is 27.7 Å². The van der Waals surface area contributed by atoms with Gasteiger partial charge in [0, 0.05) is 23.1 Å². The summed E-state index contributed by atoms with van der Waals surface area (Å²) in [5.41, 5.74) is 3.24. The minimum Gasteiger partial charge on any atom is -0.496 e. The second kappa shape index (κ2) is 8.44. The molecule has 4 nitrogen and oxygen atoms in total. The Bertz CT molecular complexity index is 1140. The maximum Gasteiger partial charge on any atom is 0.206 e. The third-order valence-corrected chi connectivity index (χ3v) is 6.87. The minimum absolute atomic E-state index is 0.514. The number of methoxy groups -OCH3 is 1. The molecule has 1 heterocycles. The second-order valence-corrected chi connectivity index (χ2v) is 8.76. The monoisotopic (exact) mass is 415 g/mol. The van der Waals surface area contributed by atoms with Gasteiger partial charge in [-0.3, -0.25) is 4.99 Å². The Hall–Kier alpha value is -2.92. The summed E-state index contributed by atoms with van der Waals surface area (Å²) in [6.07, 6.45) is 9.35. The van der Waals surface area contributed by atoms with Gasteiger partial charge >= 0.3 is 0 Å². The minimum atomic E-state index is 0.514. The third-order valence-electron chi connectivity index (χ3n) is 6.01. The van der Waals surface area contributed by atoms with E-state index < -0.39 is 0 Å². The first-order valence-electron chi connectivity index (χ1n) is 10.4. The SMILES string of the molecule is COc1ccccc1-c1csc(=NCc2ccccc2)n1N=CC1CC2C=CC1C2. The number of benzene rings is 2. The van der Waals surface area contributed by atoms with E-state index in [1.807, 2.05) is 41.1 Å². The molecule has 2 aromatic carbocycles. The summed E-state index contributed by atoms with van der Waals surface area (Å²) in [6, 6.07) is 18.4. The van der Waals surface area contributed by atoms with E-state index in [0.29, 0.717) is 18.4 Å². The van der Waals surface area contributed by atoms with Crippen LogP contribution in [-0.4, -0.2) is 18.0 Å². The molecule has 5 rings (SSSR count). The summed E-state index contributed by atoms with van der Waals surface area (Å²) in [7, 11) is 1.71. The highest BCUT2D eigenvalue weighted by atomic mass is 32.1. The fourth-order valence-electron chi connectivity index (χ4n) is 4.45. The van der Waals surface area contributed by atoms with Crippen molar-refractivity contribution < 1.29 is 4.74 Å². The standard InChI is InChI=1S/C25H25N3OS/c1-29-24-10-6-5-9-22(24)23-17-30-25(26-15-18-7-3-2-4-8-18)28(23)27-16-21-14-19-11-12-20(21)13-19/h2-12,16-17,19-21H,13-15H2,1H3. The summed E-state index contributed by atoms with van der Waals surface area (Å²) in [4.78, 5) is 5.78. The average molecular weight is 416 g/mol. The van der Waals surface area contributed by atoms with Crippen LogP contribution < -0.4 is 9.54 Å². The molecule has 2 aliphatic carbocycles. The van der Waals surface area contributed by atoms with Crippen LogP contribution in [0.1, 0.15) is 18.4 Å². The molecule has 0 amide bonds. The van der Waals surface area contributed by atoms with Crippen molar-refractivity contribution in [2.45, 2.75) is 19.4 Å². The maximum atomic E-state index is 5.61. The molecule has 0 spiro atoms. The van der Waals surface area contributed by atoms with E-state index >= 15 is 0 Å². The van der Waals surface area contributed by atoms with Crippen molar-refractivity contribution >= 4 is 17.6 Å². The molecule has 5 heteroatoms. The molecule has 1 aromatic heterocycles. The van der Waals surface area contributed by atoms with Gasteiger partial charge in [0.05, 0.1) is 19.3 Å². The molecule has 1 saturated carbocycles. The molecule has 3 atom stereocenters. The number of fused-ring (bicyclic) bond motifs is 2. The Balaban J connectivity index is 1.54. The van der Waals surface area contributed by atoms with Crippen molar-refractivity contribution in [1.82, 2.24) is 4.68 Å². The van der Waals surface area contributed by atoms with Gasteiger partial charge in [0.15, 0.2) is 0 Å². The fraction of sp³-hybridized carbons (Fsp3) is 0.280. The van der Waals surface area contributed by atoms with E-state index in [1.165, 1.54) is 18.4 Å². The van der Waals surface area contributed by atoms with E-state index in [2.05, 4.69) is 41.9 Å². The molecule has 2 aliphatic rings. The summed E-state index contributed by atoms with van der Waals surface area (Å²) in [5.74, 6) is 2.73. The van der Waals surface area contributed by atoms with Gasteiger partial charge in [-0.25, -0.2) is 4.68 Å². The number of hydrogen-bond acceptors (Lipinski definition) is 4. The van der Waals surface area contributed by atoms with E-state index in [9.17, 15) is 0 Å². The molecule has 1 fully saturated rings. The number of nitrogens with zero attached hydrogens (tertiary/aromatic N) is 3. The van der Waals surface area contributed by atoms with Crippen molar-refractivity contribution in [2.75, 3.05) is 7.11 Å². The molecular weight excluding hydrogens is 390 g/mol. The van der Waals surface area contributed by atoms with Gasteiger partial charge in [0.25, 0.3) is 0 Å². The van der Waals surface area contributed by atoms with Crippen LogP contribution in [0.15, 0.2) is 82.2 Å². The first-order chi connectivity index (χ1) is 14.8. The third kappa shape index (κ3) is 3.77. The van der Waals surface area contributed by atoms with Crippen LogP contribution in [-0.2, 0) is 6.54 Å². The topological polar surface area (TPSA) is 38.9 Å². The van der Waals surface area contributed by atoms with Crippen LogP contribution in [0, 0.1) is 17.8 Å². The zero-order valence-electron chi connectivity index (χ0n) is 17.0. The van der Waals surface area contributed by atoms with Crippen molar-refractivity contribution in [3.63, 3.8) is 0 Å². The molecule has 2 bridgehead atoms. The van der Waals surface area contributed by atoms with Gasteiger partial charge < -0.3 is 4.74 Å². The molecule has 0 saturated heterocycles. The smallest absolute Gasteiger partial charge is 0.206 e. The molecule has 3 aromatic rings. The molecular formula is C25H25N3OS. The summed E-state index contributed by atoms with van der Waals surface area (Å²) in [5, 5.41) is 7.07. The number of hydrogen-bond donors (Lipinski definition) is 0. The lowest BCUT2D eigenvalue weighted by atomic mass is 9.95. The summed E-state index contributed by atoms with van der Waals surface area (Å²) in [6.45, 7) is 0.638. The average Bonchev–Trinajstić information content (AvgIpc) is 3.52. The van der Waals surface area contributed by atoms with Gasteiger partial charge in [-0.15, -0.1) is 11.3 Å². The number of para-hydroxylation sites is 1. The Morgan fingerprint density at radius 2 is 1.90 bits per heavy atom. The fourth-order valence-corrected chi connectivity index (χ4v) is 5.28. The van der Waals surface area contributed by atoms with Crippen molar-refractivity contribution in [3.05, 3.63) is 82.5 Å². The number of aromatic nitrogens is 1. The van der Waals surface area contributed by atoms with Crippen LogP contribution in [0.5, 0.6) is 5.75 Å². The Morgan fingerprint density at radius 1 is 1.07 bits per heavy atom. The highest BCUT2D eigenvalue weighted by molar-refractivity contribution is 7.07. The number of thiazole rings is 1. The normalized spacial score (nSPS) is 23.0. The largest absolute Gasteiger partial charge is 0.496 e. The number of ether oxygens (including phenoxy) is 1. The van der Waals surface area contributed by atoms with Gasteiger partial charge in [-0.1, -0.05) is 54.6 Å². The van der Waals surface area contributed by atoms with E-state index in [-0.39, 0.29) is 0 Å². The van der Waals surface area contributed by atoms with Gasteiger partial charge in [0.2, 0.25) is 4.80 Å². The molecule has 0 N–H and O–H groups in total. The number of rotatable bonds is 6. The zero-order valence-corrected chi connectivity index (χ0v) is 17.8. The Labute approximate surface area is 180 Å². The molecule has 30 heavy (non-hydrogen) atoms.